The highest BCUT2D eigenvalue weighted by molar-refractivity contribution is 6.02. The lowest BCUT2D eigenvalue weighted by atomic mass is 9.89. The van der Waals surface area contributed by atoms with Gasteiger partial charge in [-0.25, -0.2) is 0 Å². The van der Waals surface area contributed by atoms with Gasteiger partial charge in [0.15, 0.2) is 5.78 Å². The third-order valence-electron chi connectivity index (χ3n) is 3.53. The molecule has 3 nitrogen and oxygen atoms in total. The van der Waals surface area contributed by atoms with Crippen LogP contribution in [0.2, 0.25) is 0 Å². The van der Waals surface area contributed by atoms with Gasteiger partial charge in [-0.15, -0.1) is 0 Å². The zero-order valence-corrected chi connectivity index (χ0v) is 9.69. The molecule has 0 saturated heterocycles. The fourth-order valence-electron chi connectivity index (χ4n) is 2.70. The summed E-state index contributed by atoms with van der Waals surface area (Å²) < 4.78 is 0.939. The summed E-state index contributed by atoms with van der Waals surface area (Å²) in [5.74, 6) is 0.110. The highest BCUT2D eigenvalue weighted by Gasteiger charge is 2.28. The first kappa shape index (κ1) is 10.3. The van der Waals surface area contributed by atoms with Gasteiger partial charge in [0.05, 0.1) is 10.9 Å². The molecule has 86 valence electrons. The van der Waals surface area contributed by atoms with E-state index in [0.29, 0.717) is 29.6 Å². The fourth-order valence-corrected chi connectivity index (χ4v) is 2.70. The molecule has 0 spiro atoms. The lowest BCUT2D eigenvalue weighted by molar-refractivity contribution is -0.586. The molecule has 1 aliphatic carbocycles. The summed E-state index contributed by atoms with van der Waals surface area (Å²) in [4.78, 5) is 12.0. The van der Waals surface area contributed by atoms with Gasteiger partial charge in [0.2, 0.25) is 11.2 Å². The molecule has 0 amide bonds. The predicted octanol–water partition coefficient (Wildman–Crippen LogP) is 2.30. The molecule has 0 bridgehead atoms. The topological polar surface area (TPSA) is 44.0 Å². The number of benzene rings is 1. The molecule has 0 aliphatic heterocycles. The molecular weight excluding hydrogens is 214 g/mol. The standard InChI is InChI=1S/C14H13NO2/c1-9-10-5-2-3-6-11(10)15(17)12-7-4-8-13(16)14(9)12/h2-3,5-6H,4,7-8H2,1H3. The minimum atomic E-state index is 0.110. The van der Waals surface area contributed by atoms with E-state index in [-0.39, 0.29) is 5.78 Å². The number of aromatic nitrogens is 1. The molecule has 1 aliphatic rings. The number of pyridine rings is 1. The minimum absolute atomic E-state index is 0.110. The highest BCUT2D eigenvalue weighted by Crippen LogP contribution is 2.27. The van der Waals surface area contributed by atoms with Gasteiger partial charge >= 0.3 is 0 Å². The summed E-state index contributed by atoms with van der Waals surface area (Å²) in [7, 11) is 0. The number of para-hydroxylation sites is 1. The van der Waals surface area contributed by atoms with Crippen LogP contribution in [-0.2, 0) is 6.42 Å². The van der Waals surface area contributed by atoms with E-state index in [1.54, 1.807) is 0 Å². The largest absolute Gasteiger partial charge is 0.618 e. The number of carbonyl (C=O) groups is 1. The normalized spacial score (nSPS) is 15.0. The number of fused-ring (bicyclic) bond motifs is 2. The van der Waals surface area contributed by atoms with Crippen LogP contribution in [0.5, 0.6) is 0 Å². The Hall–Kier alpha value is -1.90. The fraction of sp³-hybridized carbons (Fsp3) is 0.286. The molecule has 0 saturated carbocycles. The monoisotopic (exact) mass is 227 g/mol. The molecule has 17 heavy (non-hydrogen) atoms. The summed E-state index contributed by atoms with van der Waals surface area (Å²) in [5.41, 5.74) is 2.92. The van der Waals surface area contributed by atoms with Crippen molar-refractivity contribution in [2.24, 2.45) is 0 Å². The first-order valence-electron chi connectivity index (χ1n) is 5.87. The third kappa shape index (κ3) is 1.35. The Morgan fingerprint density at radius 1 is 1.24 bits per heavy atom. The molecule has 0 atom stereocenters. The van der Waals surface area contributed by atoms with Gasteiger partial charge in [0.25, 0.3) is 0 Å². The molecule has 2 aromatic rings. The number of rotatable bonds is 0. The van der Waals surface area contributed by atoms with E-state index < -0.39 is 0 Å². The number of Topliss-reactive ketones (excluding diaryl/α,β-unsaturated/α-hetero) is 1. The van der Waals surface area contributed by atoms with Crippen LogP contribution in [-0.4, -0.2) is 5.78 Å². The zero-order valence-electron chi connectivity index (χ0n) is 9.69. The Labute approximate surface area is 99.3 Å². The maximum atomic E-state index is 12.2. The van der Waals surface area contributed by atoms with Crippen molar-refractivity contribution in [3.05, 3.63) is 46.3 Å². The van der Waals surface area contributed by atoms with E-state index >= 15 is 0 Å². The van der Waals surface area contributed by atoms with E-state index in [9.17, 15) is 10.0 Å². The number of hydrogen-bond donors (Lipinski definition) is 0. The lowest BCUT2D eigenvalue weighted by Gasteiger charge is -2.18. The summed E-state index contributed by atoms with van der Waals surface area (Å²) in [6, 6.07) is 7.47. The van der Waals surface area contributed by atoms with E-state index in [1.165, 1.54) is 0 Å². The van der Waals surface area contributed by atoms with E-state index in [2.05, 4.69) is 0 Å². The third-order valence-corrected chi connectivity index (χ3v) is 3.53. The number of ketones is 1. The first-order valence-corrected chi connectivity index (χ1v) is 5.87. The van der Waals surface area contributed by atoms with Gasteiger partial charge in [0.1, 0.15) is 0 Å². The van der Waals surface area contributed by atoms with Crippen LogP contribution >= 0.6 is 0 Å². The van der Waals surface area contributed by atoms with Crippen LogP contribution in [0.4, 0.5) is 0 Å². The van der Waals surface area contributed by atoms with Gasteiger partial charge in [-0.05, 0) is 25.0 Å². The Morgan fingerprint density at radius 3 is 2.82 bits per heavy atom. The van der Waals surface area contributed by atoms with Gasteiger partial charge in [0, 0.05) is 18.9 Å². The minimum Gasteiger partial charge on any atom is -0.618 e. The number of aryl methyl sites for hydroxylation is 1. The van der Waals surface area contributed by atoms with Crippen LogP contribution in [0.15, 0.2) is 24.3 Å². The molecule has 3 rings (SSSR count). The molecule has 1 aromatic heterocycles. The second kappa shape index (κ2) is 3.55. The number of nitrogens with zero attached hydrogens (tertiary/aromatic N) is 1. The summed E-state index contributed by atoms with van der Waals surface area (Å²) >= 11 is 0. The van der Waals surface area contributed by atoms with E-state index in [4.69, 9.17) is 0 Å². The smallest absolute Gasteiger partial charge is 0.224 e. The molecular formula is C14H13NO2. The Kier molecular flexibility index (Phi) is 2.15. The maximum absolute atomic E-state index is 12.2. The average molecular weight is 227 g/mol. The van der Waals surface area contributed by atoms with Gasteiger partial charge in [-0.2, -0.15) is 4.73 Å². The highest BCUT2D eigenvalue weighted by atomic mass is 16.5. The van der Waals surface area contributed by atoms with Crippen LogP contribution in [0.25, 0.3) is 10.9 Å². The summed E-state index contributed by atoms with van der Waals surface area (Å²) in [5, 5.41) is 13.1. The molecule has 0 unspecified atom stereocenters. The zero-order chi connectivity index (χ0) is 12.0. The Bertz CT molecular complexity index is 632. The SMILES string of the molecule is Cc1c2c([n+]([O-])c3ccccc13)CCCC2=O. The Balaban J connectivity index is 2.48. The molecule has 3 heteroatoms. The van der Waals surface area contributed by atoms with Gasteiger partial charge in [-0.3, -0.25) is 4.79 Å². The first-order chi connectivity index (χ1) is 8.20. The predicted molar refractivity (Wildman–Crippen MR) is 64.9 cm³/mol. The van der Waals surface area contributed by atoms with Crippen molar-refractivity contribution in [1.82, 2.24) is 0 Å². The van der Waals surface area contributed by atoms with Crippen molar-refractivity contribution < 1.29 is 9.52 Å². The van der Waals surface area contributed by atoms with Crippen molar-refractivity contribution in [3.63, 3.8) is 0 Å². The second-order valence-electron chi connectivity index (χ2n) is 4.53. The molecule has 1 heterocycles. The summed E-state index contributed by atoms with van der Waals surface area (Å²) in [6.07, 6.45) is 2.05. The van der Waals surface area contributed by atoms with Gasteiger partial charge < -0.3 is 5.21 Å². The number of hydrogen-bond acceptors (Lipinski definition) is 2. The van der Waals surface area contributed by atoms with Crippen molar-refractivity contribution >= 4 is 16.7 Å². The van der Waals surface area contributed by atoms with Gasteiger partial charge in [-0.1, -0.05) is 12.1 Å². The van der Waals surface area contributed by atoms with E-state index in [1.807, 2.05) is 31.2 Å². The number of carbonyl (C=O) groups excluding carboxylic acids is 1. The average Bonchev–Trinajstić information content (AvgIpc) is 2.36. The maximum Gasteiger partial charge on any atom is 0.224 e. The van der Waals surface area contributed by atoms with Crippen LogP contribution in [0.1, 0.15) is 34.5 Å². The van der Waals surface area contributed by atoms with Crippen molar-refractivity contribution in [2.45, 2.75) is 26.2 Å². The van der Waals surface area contributed by atoms with Crippen LogP contribution in [0, 0.1) is 12.1 Å². The van der Waals surface area contributed by atoms with Crippen molar-refractivity contribution in [1.29, 1.82) is 0 Å². The van der Waals surface area contributed by atoms with Crippen molar-refractivity contribution in [2.75, 3.05) is 0 Å². The quantitative estimate of drug-likeness (QED) is 0.512. The molecule has 0 fully saturated rings. The van der Waals surface area contributed by atoms with Crippen LogP contribution in [0.3, 0.4) is 0 Å². The summed E-state index contributed by atoms with van der Waals surface area (Å²) in [6.45, 7) is 1.93. The molecule has 0 radical (unpaired) electrons. The van der Waals surface area contributed by atoms with E-state index in [0.717, 1.165) is 22.1 Å². The van der Waals surface area contributed by atoms with Crippen molar-refractivity contribution in [3.8, 4) is 0 Å². The molecule has 0 N–H and O–H groups in total. The van der Waals surface area contributed by atoms with Crippen LogP contribution < -0.4 is 4.73 Å². The lowest BCUT2D eigenvalue weighted by Crippen LogP contribution is -2.37. The second-order valence-corrected chi connectivity index (χ2v) is 4.53. The Morgan fingerprint density at radius 2 is 2.00 bits per heavy atom. The molecule has 1 aromatic carbocycles.